The lowest BCUT2D eigenvalue weighted by Crippen LogP contribution is -2.15. The van der Waals surface area contributed by atoms with E-state index in [1.54, 1.807) is 18.5 Å². The number of hydrogen-bond acceptors (Lipinski definition) is 5. The Labute approximate surface area is 191 Å². The summed E-state index contributed by atoms with van der Waals surface area (Å²) in [5.41, 5.74) is 1.06. The summed E-state index contributed by atoms with van der Waals surface area (Å²) < 4.78 is 40.6. The lowest BCUT2D eigenvalue weighted by atomic mass is 10.2. The molecule has 10 heteroatoms. The molecule has 168 valence electrons. The normalized spacial score (nSPS) is 11.4. The highest BCUT2D eigenvalue weighted by molar-refractivity contribution is 7.99. The average molecular weight is 469 g/mol. The first-order valence-corrected chi connectivity index (χ1v) is 10.9. The van der Waals surface area contributed by atoms with Crippen molar-refractivity contribution in [3.63, 3.8) is 0 Å². The second-order valence-corrected chi connectivity index (χ2v) is 7.98. The van der Waals surface area contributed by atoms with Gasteiger partial charge in [-0.25, -0.2) is 0 Å². The van der Waals surface area contributed by atoms with Gasteiger partial charge in [0.1, 0.15) is 0 Å². The molecule has 0 aliphatic heterocycles. The Bertz CT molecular complexity index is 1230. The molecular weight excluding hydrogens is 451 g/mol. The van der Waals surface area contributed by atoms with Crippen molar-refractivity contribution < 1.29 is 18.0 Å². The molecule has 0 aliphatic carbocycles. The molecule has 4 aromatic rings. The number of carbonyl (C=O) groups is 1. The van der Waals surface area contributed by atoms with Gasteiger partial charge in [-0.15, -0.1) is 10.2 Å². The maximum atomic E-state index is 12.9. The molecule has 0 atom stereocenters. The van der Waals surface area contributed by atoms with Crippen molar-refractivity contribution in [2.45, 2.75) is 17.9 Å². The van der Waals surface area contributed by atoms with Crippen LogP contribution < -0.4 is 5.32 Å². The van der Waals surface area contributed by atoms with Crippen LogP contribution in [0.2, 0.25) is 0 Å². The van der Waals surface area contributed by atoms with Crippen molar-refractivity contribution in [1.29, 1.82) is 0 Å². The first-order valence-electron chi connectivity index (χ1n) is 9.87. The van der Waals surface area contributed by atoms with E-state index in [9.17, 15) is 18.0 Å². The van der Waals surface area contributed by atoms with Crippen LogP contribution in [0.1, 0.15) is 11.1 Å². The number of pyridine rings is 1. The number of aromatic nitrogens is 4. The lowest BCUT2D eigenvalue weighted by Gasteiger charge is -2.11. The van der Waals surface area contributed by atoms with E-state index in [4.69, 9.17) is 0 Å². The van der Waals surface area contributed by atoms with Gasteiger partial charge < -0.3 is 5.32 Å². The fourth-order valence-corrected chi connectivity index (χ4v) is 3.85. The first-order chi connectivity index (χ1) is 15.9. The van der Waals surface area contributed by atoms with Gasteiger partial charge in [-0.3, -0.25) is 14.3 Å². The zero-order valence-corrected chi connectivity index (χ0v) is 18.0. The molecule has 0 saturated carbocycles. The highest BCUT2D eigenvalue weighted by Crippen LogP contribution is 2.31. The Morgan fingerprint density at radius 3 is 2.55 bits per heavy atom. The molecular formula is C23H18F3N5OS. The van der Waals surface area contributed by atoms with Crippen LogP contribution in [-0.2, 0) is 17.5 Å². The van der Waals surface area contributed by atoms with Crippen LogP contribution in [0.4, 0.5) is 18.9 Å². The van der Waals surface area contributed by atoms with Crippen LogP contribution in [0.5, 0.6) is 0 Å². The quantitative estimate of drug-likeness (QED) is 0.380. The van der Waals surface area contributed by atoms with Crippen molar-refractivity contribution >= 4 is 23.4 Å². The van der Waals surface area contributed by atoms with E-state index in [0.717, 1.165) is 35.0 Å². The van der Waals surface area contributed by atoms with E-state index >= 15 is 0 Å². The molecule has 0 saturated heterocycles. The van der Waals surface area contributed by atoms with Crippen LogP contribution in [0.25, 0.3) is 11.4 Å². The Hall–Kier alpha value is -3.66. The highest BCUT2D eigenvalue weighted by Gasteiger charge is 2.30. The van der Waals surface area contributed by atoms with E-state index in [-0.39, 0.29) is 11.4 Å². The molecule has 6 nitrogen and oxygen atoms in total. The maximum Gasteiger partial charge on any atom is 0.416 e. The molecule has 2 heterocycles. The number of carbonyl (C=O) groups excluding carboxylic acids is 1. The summed E-state index contributed by atoms with van der Waals surface area (Å²) in [5, 5.41) is 11.5. The molecule has 0 fully saturated rings. The third kappa shape index (κ3) is 5.78. The van der Waals surface area contributed by atoms with Crippen LogP contribution >= 0.6 is 11.8 Å². The fourth-order valence-electron chi connectivity index (χ4n) is 3.11. The Morgan fingerprint density at radius 2 is 1.82 bits per heavy atom. The lowest BCUT2D eigenvalue weighted by molar-refractivity contribution is -0.137. The summed E-state index contributed by atoms with van der Waals surface area (Å²) in [4.78, 5) is 16.5. The topological polar surface area (TPSA) is 72.7 Å². The molecule has 0 bridgehead atoms. The number of nitrogens with one attached hydrogen (secondary N) is 1. The smallest absolute Gasteiger partial charge is 0.325 e. The van der Waals surface area contributed by atoms with Crippen molar-refractivity contribution in [2.75, 3.05) is 11.1 Å². The van der Waals surface area contributed by atoms with Crippen LogP contribution in [-0.4, -0.2) is 31.4 Å². The molecule has 1 amide bonds. The number of alkyl halides is 3. The minimum absolute atomic E-state index is 0.0454. The molecule has 2 aromatic carbocycles. The van der Waals surface area contributed by atoms with Gasteiger partial charge in [0, 0.05) is 23.6 Å². The highest BCUT2D eigenvalue weighted by atomic mass is 32.2. The second-order valence-electron chi connectivity index (χ2n) is 7.04. The summed E-state index contributed by atoms with van der Waals surface area (Å²) >= 11 is 1.15. The summed E-state index contributed by atoms with van der Waals surface area (Å²) in [7, 11) is 0. The molecule has 2 aromatic heterocycles. The largest absolute Gasteiger partial charge is 0.416 e. The Morgan fingerprint density at radius 1 is 1.00 bits per heavy atom. The number of anilines is 1. The molecule has 4 rings (SSSR count). The van der Waals surface area contributed by atoms with Gasteiger partial charge in [0.25, 0.3) is 0 Å². The van der Waals surface area contributed by atoms with Gasteiger partial charge in [-0.1, -0.05) is 48.2 Å². The van der Waals surface area contributed by atoms with Gasteiger partial charge in [0.15, 0.2) is 11.0 Å². The van der Waals surface area contributed by atoms with E-state index in [0.29, 0.717) is 17.5 Å². The predicted octanol–water partition coefficient (Wildman–Crippen LogP) is 5.14. The number of halogens is 3. The zero-order chi connectivity index (χ0) is 23.3. The SMILES string of the molecule is O=C(CSc1nnc(-c2cccnc2)n1Cc1ccccc1)Nc1cccc(C(F)(F)F)c1. The van der Waals surface area contributed by atoms with Crippen molar-refractivity contribution in [1.82, 2.24) is 19.7 Å². The van der Waals surface area contributed by atoms with Crippen molar-refractivity contribution in [3.8, 4) is 11.4 Å². The summed E-state index contributed by atoms with van der Waals surface area (Å²) in [6.45, 7) is 0.482. The van der Waals surface area contributed by atoms with E-state index in [1.807, 2.05) is 41.0 Å². The Kier molecular flexibility index (Phi) is 6.74. The molecule has 0 unspecified atom stereocenters. The van der Waals surface area contributed by atoms with Gasteiger partial charge in [0.2, 0.25) is 5.91 Å². The van der Waals surface area contributed by atoms with Crippen LogP contribution in [0.15, 0.2) is 84.3 Å². The number of benzene rings is 2. The molecule has 0 spiro atoms. The minimum atomic E-state index is -4.48. The summed E-state index contributed by atoms with van der Waals surface area (Å²) in [6, 6.07) is 17.9. The monoisotopic (exact) mass is 469 g/mol. The van der Waals surface area contributed by atoms with Crippen molar-refractivity contribution in [3.05, 3.63) is 90.3 Å². The second kappa shape index (κ2) is 9.86. The predicted molar refractivity (Wildman–Crippen MR) is 120 cm³/mol. The molecule has 0 aliphatic rings. The maximum absolute atomic E-state index is 12.9. The number of hydrogen-bond donors (Lipinski definition) is 1. The van der Waals surface area contributed by atoms with Crippen LogP contribution in [0, 0.1) is 0 Å². The average Bonchev–Trinajstić information content (AvgIpc) is 3.21. The Balaban J connectivity index is 1.51. The fraction of sp³-hybridized carbons (Fsp3) is 0.130. The standard InChI is InChI=1S/C23H18F3N5OS/c24-23(25,26)18-9-4-10-19(12-18)28-20(32)15-33-22-30-29-21(17-8-5-11-27-13-17)31(22)14-16-6-2-1-3-7-16/h1-13H,14-15H2,(H,28,32). The summed E-state index contributed by atoms with van der Waals surface area (Å²) in [5.74, 6) is 0.111. The van der Waals surface area contributed by atoms with Gasteiger partial charge in [-0.2, -0.15) is 13.2 Å². The van der Waals surface area contributed by atoms with Gasteiger partial charge >= 0.3 is 6.18 Å². The van der Waals surface area contributed by atoms with E-state index in [1.165, 1.54) is 12.1 Å². The van der Waals surface area contributed by atoms with E-state index < -0.39 is 17.6 Å². The third-order valence-corrected chi connectivity index (χ3v) is 5.59. The zero-order valence-electron chi connectivity index (χ0n) is 17.2. The first kappa shape index (κ1) is 22.5. The van der Waals surface area contributed by atoms with E-state index in [2.05, 4.69) is 20.5 Å². The molecule has 33 heavy (non-hydrogen) atoms. The number of nitrogens with zero attached hydrogens (tertiary/aromatic N) is 4. The number of thioether (sulfide) groups is 1. The van der Waals surface area contributed by atoms with Gasteiger partial charge in [0.05, 0.1) is 17.9 Å². The number of amides is 1. The molecule has 1 N–H and O–H groups in total. The third-order valence-electron chi connectivity index (χ3n) is 4.63. The summed E-state index contributed by atoms with van der Waals surface area (Å²) in [6.07, 6.45) is -1.14. The molecule has 0 radical (unpaired) electrons. The van der Waals surface area contributed by atoms with Gasteiger partial charge in [-0.05, 0) is 35.9 Å². The van der Waals surface area contributed by atoms with Crippen molar-refractivity contribution in [2.24, 2.45) is 0 Å². The van der Waals surface area contributed by atoms with Crippen LogP contribution in [0.3, 0.4) is 0 Å². The minimum Gasteiger partial charge on any atom is -0.325 e. The number of rotatable bonds is 7.